The molecule has 2 atom stereocenters. The number of H-pyrrole nitrogens is 1. The number of carbonyl (C=O) groups is 1. The van der Waals surface area contributed by atoms with Crippen LogP contribution in [-0.2, 0) is 0 Å². The fourth-order valence-electron chi connectivity index (χ4n) is 5.32. The zero-order valence-corrected chi connectivity index (χ0v) is 21.2. The van der Waals surface area contributed by atoms with Crippen molar-refractivity contribution in [2.75, 3.05) is 22.6 Å². The Bertz CT molecular complexity index is 1700. The molecular formula is C29H25ClN4O4. The number of hydrogen-bond acceptors (Lipinski definition) is 6. The van der Waals surface area contributed by atoms with Crippen LogP contribution in [0.15, 0.2) is 66.9 Å². The van der Waals surface area contributed by atoms with Crippen LogP contribution in [0.3, 0.4) is 0 Å². The summed E-state index contributed by atoms with van der Waals surface area (Å²) >= 11 is 6.38. The maximum Gasteiger partial charge on any atom is 0.255 e. The quantitative estimate of drug-likeness (QED) is 0.191. The van der Waals surface area contributed by atoms with Crippen molar-refractivity contribution in [3.63, 3.8) is 0 Å². The summed E-state index contributed by atoms with van der Waals surface area (Å²) in [7, 11) is 0. The average Bonchev–Trinajstić information content (AvgIpc) is 3.50. The number of halogens is 1. The molecule has 2 aromatic heterocycles. The van der Waals surface area contributed by atoms with E-state index in [1.54, 1.807) is 18.2 Å². The van der Waals surface area contributed by atoms with Crippen LogP contribution in [0.1, 0.15) is 39.3 Å². The van der Waals surface area contributed by atoms with E-state index in [2.05, 4.69) is 15.3 Å². The van der Waals surface area contributed by atoms with Crippen LogP contribution in [0.5, 0.6) is 11.5 Å². The number of fused-ring (bicyclic) bond motifs is 4. The molecule has 5 N–H and O–H groups in total. The van der Waals surface area contributed by atoms with Crippen molar-refractivity contribution in [1.82, 2.24) is 9.97 Å². The number of aromatic hydroxyl groups is 2. The lowest BCUT2D eigenvalue weighted by molar-refractivity contribution is 0.102. The second-order valence-electron chi connectivity index (χ2n) is 9.59. The van der Waals surface area contributed by atoms with Crippen LogP contribution in [0.4, 0.5) is 11.4 Å². The van der Waals surface area contributed by atoms with Gasteiger partial charge < -0.3 is 30.5 Å². The normalized spacial score (nSPS) is 15.7. The summed E-state index contributed by atoms with van der Waals surface area (Å²) in [4.78, 5) is 22.0. The van der Waals surface area contributed by atoms with Gasteiger partial charge in [0.05, 0.1) is 17.6 Å². The smallest absolute Gasteiger partial charge is 0.255 e. The highest BCUT2D eigenvalue weighted by molar-refractivity contribution is 6.19. The lowest BCUT2D eigenvalue weighted by Gasteiger charge is -2.26. The van der Waals surface area contributed by atoms with Crippen LogP contribution in [0, 0.1) is 6.92 Å². The second kappa shape index (κ2) is 9.24. The van der Waals surface area contributed by atoms with Gasteiger partial charge in [0.1, 0.15) is 17.1 Å². The number of aliphatic hydroxyl groups excluding tert-OH is 1. The molecule has 2 unspecified atom stereocenters. The van der Waals surface area contributed by atoms with Gasteiger partial charge >= 0.3 is 0 Å². The van der Waals surface area contributed by atoms with Gasteiger partial charge in [0.15, 0.2) is 6.23 Å². The molecule has 1 aliphatic rings. The summed E-state index contributed by atoms with van der Waals surface area (Å²) in [6, 6.07) is 17.1. The summed E-state index contributed by atoms with van der Waals surface area (Å²) in [5, 5.41) is 36.9. The molecule has 0 saturated heterocycles. The predicted octanol–water partition coefficient (Wildman–Crippen LogP) is 5.52. The summed E-state index contributed by atoms with van der Waals surface area (Å²) in [6.45, 7) is 2.50. The first kappa shape index (κ1) is 24.1. The summed E-state index contributed by atoms with van der Waals surface area (Å²) in [5.74, 6) is 0.268. The van der Waals surface area contributed by atoms with E-state index in [-0.39, 0.29) is 23.3 Å². The first-order valence-corrected chi connectivity index (χ1v) is 12.7. The number of pyridine rings is 1. The minimum atomic E-state index is -1.04. The number of anilines is 2. The van der Waals surface area contributed by atoms with E-state index in [1.165, 1.54) is 30.5 Å². The zero-order chi connectivity index (χ0) is 26.6. The van der Waals surface area contributed by atoms with Gasteiger partial charge in [-0.15, -0.1) is 11.6 Å². The number of aromatic amines is 1. The lowest BCUT2D eigenvalue weighted by atomic mass is 9.92. The van der Waals surface area contributed by atoms with Crippen molar-refractivity contribution in [3.8, 4) is 11.5 Å². The third-order valence-electron chi connectivity index (χ3n) is 7.14. The molecule has 1 aliphatic heterocycles. The fourth-order valence-corrected chi connectivity index (χ4v) is 5.57. The van der Waals surface area contributed by atoms with Gasteiger partial charge in [-0.25, -0.2) is 4.98 Å². The molecule has 5 aromatic rings. The first-order chi connectivity index (χ1) is 18.3. The highest BCUT2D eigenvalue weighted by Crippen LogP contribution is 2.48. The van der Waals surface area contributed by atoms with E-state index in [1.807, 2.05) is 30.0 Å². The van der Waals surface area contributed by atoms with Gasteiger partial charge in [-0.1, -0.05) is 18.2 Å². The van der Waals surface area contributed by atoms with Crippen molar-refractivity contribution in [1.29, 1.82) is 0 Å². The average molecular weight is 529 g/mol. The number of phenols is 2. The summed E-state index contributed by atoms with van der Waals surface area (Å²) in [5.41, 5.74) is 4.80. The standard InChI is InChI=1S/C29H25ClN4O4/c1-15-3-2-4-21-24(36)11-23-26(25(15)21)18(12-30)14-34(23)29(38)22-10-17-9-19(13-31-27(17)33-22)32-28(37)16-5-7-20(35)8-6-16/h2-11,13,18,29,35-36,38H,12,14H2,1H3,(H,31,33)(H,32,37). The van der Waals surface area contributed by atoms with Crippen LogP contribution in [-0.4, -0.2) is 43.6 Å². The van der Waals surface area contributed by atoms with Gasteiger partial charge in [0, 0.05) is 46.4 Å². The van der Waals surface area contributed by atoms with E-state index < -0.39 is 6.23 Å². The molecule has 9 heteroatoms. The number of phenolic OH excluding ortho intramolecular Hbond substituents is 2. The van der Waals surface area contributed by atoms with Crippen molar-refractivity contribution in [3.05, 3.63) is 89.2 Å². The second-order valence-corrected chi connectivity index (χ2v) is 9.90. The van der Waals surface area contributed by atoms with Crippen molar-refractivity contribution < 1.29 is 20.1 Å². The Labute approximate surface area is 223 Å². The number of aromatic nitrogens is 2. The van der Waals surface area contributed by atoms with E-state index in [0.29, 0.717) is 40.4 Å². The molecule has 3 heterocycles. The van der Waals surface area contributed by atoms with E-state index in [0.717, 1.165) is 27.6 Å². The Kier molecular flexibility index (Phi) is 5.86. The third-order valence-corrected chi connectivity index (χ3v) is 7.51. The Morgan fingerprint density at radius 3 is 2.74 bits per heavy atom. The molecule has 3 aromatic carbocycles. The number of rotatable bonds is 5. The van der Waals surface area contributed by atoms with Crippen molar-refractivity contribution in [2.45, 2.75) is 19.1 Å². The van der Waals surface area contributed by atoms with Gasteiger partial charge in [0.25, 0.3) is 5.91 Å². The molecule has 38 heavy (non-hydrogen) atoms. The molecule has 192 valence electrons. The van der Waals surface area contributed by atoms with E-state index in [4.69, 9.17) is 11.6 Å². The lowest BCUT2D eigenvalue weighted by Crippen LogP contribution is -2.28. The number of alkyl halides is 1. The topological polar surface area (TPSA) is 122 Å². The van der Waals surface area contributed by atoms with Crippen molar-refractivity contribution in [2.24, 2.45) is 0 Å². The molecule has 0 bridgehead atoms. The predicted molar refractivity (Wildman–Crippen MR) is 148 cm³/mol. The maximum atomic E-state index is 12.6. The molecule has 0 fully saturated rings. The van der Waals surface area contributed by atoms with Crippen LogP contribution in [0.25, 0.3) is 21.8 Å². The summed E-state index contributed by atoms with van der Waals surface area (Å²) < 4.78 is 0. The maximum absolute atomic E-state index is 12.6. The molecule has 8 nitrogen and oxygen atoms in total. The molecule has 0 radical (unpaired) electrons. The molecule has 1 amide bonds. The number of carbonyl (C=O) groups excluding carboxylic acids is 1. The highest BCUT2D eigenvalue weighted by atomic mass is 35.5. The Balaban J connectivity index is 1.32. The minimum absolute atomic E-state index is 0.0188. The first-order valence-electron chi connectivity index (χ1n) is 12.2. The number of amides is 1. The molecular weight excluding hydrogens is 504 g/mol. The van der Waals surface area contributed by atoms with Gasteiger partial charge in [-0.3, -0.25) is 4.79 Å². The molecule has 0 aliphatic carbocycles. The van der Waals surface area contributed by atoms with E-state index in [9.17, 15) is 20.1 Å². The molecule has 6 rings (SSSR count). The highest BCUT2D eigenvalue weighted by Gasteiger charge is 2.35. The third kappa shape index (κ3) is 3.98. The van der Waals surface area contributed by atoms with E-state index >= 15 is 0 Å². The molecule has 0 saturated carbocycles. The summed E-state index contributed by atoms with van der Waals surface area (Å²) in [6.07, 6.45) is 0.502. The number of nitrogens with zero attached hydrogens (tertiary/aromatic N) is 2. The number of aryl methyl sites for hydroxylation is 1. The van der Waals surface area contributed by atoms with Crippen LogP contribution < -0.4 is 10.2 Å². The Hall–Kier alpha value is -4.27. The van der Waals surface area contributed by atoms with Crippen LogP contribution >= 0.6 is 11.6 Å². The minimum Gasteiger partial charge on any atom is -0.508 e. The fraction of sp³-hybridized carbons (Fsp3) is 0.172. The van der Waals surface area contributed by atoms with Crippen LogP contribution in [0.2, 0.25) is 0 Å². The zero-order valence-electron chi connectivity index (χ0n) is 20.4. The number of hydrogen-bond donors (Lipinski definition) is 5. The number of aliphatic hydroxyl groups is 1. The van der Waals surface area contributed by atoms with Gasteiger partial charge in [-0.2, -0.15) is 0 Å². The monoisotopic (exact) mass is 528 g/mol. The molecule has 0 spiro atoms. The number of nitrogens with one attached hydrogen (secondary N) is 2. The SMILES string of the molecule is Cc1cccc2c(O)cc3c(c12)C(CCl)CN3C(O)c1cc2cc(NC(=O)c3ccc(O)cc3)cnc2[nH]1. The largest absolute Gasteiger partial charge is 0.508 e. The van der Waals surface area contributed by atoms with Gasteiger partial charge in [0.2, 0.25) is 0 Å². The Morgan fingerprint density at radius 2 is 1.97 bits per heavy atom. The van der Waals surface area contributed by atoms with Crippen molar-refractivity contribution >= 4 is 50.7 Å². The Morgan fingerprint density at radius 1 is 1.18 bits per heavy atom. The van der Waals surface area contributed by atoms with Gasteiger partial charge in [-0.05, 0) is 59.8 Å². The number of benzene rings is 3.